The molecule has 0 bridgehead atoms. The summed E-state index contributed by atoms with van der Waals surface area (Å²) in [5.41, 5.74) is 6.36. The quantitative estimate of drug-likeness (QED) is 0.0467. The number of carbonyl (C=O) groups excluding carboxylic acids is 7. The largest absolute Gasteiger partial charge is 0.481 e. The molecule has 1 fully saturated rings. The van der Waals surface area contributed by atoms with E-state index in [1.165, 1.54) is 29.9 Å². The molecule has 0 saturated carbocycles. The Kier molecular flexibility index (Phi) is 18.3. The predicted molar refractivity (Wildman–Crippen MR) is 196 cm³/mol. The molecule has 1 aliphatic heterocycles. The van der Waals surface area contributed by atoms with Crippen molar-refractivity contribution in [2.75, 3.05) is 32.9 Å². The molecular weight excluding hydrogens is 788 g/mol. The van der Waals surface area contributed by atoms with Gasteiger partial charge in [0.1, 0.15) is 42.8 Å². The third-order valence-electron chi connectivity index (χ3n) is 8.91. The van der Waals surface area contributed by atoms with Gasteiger partial charge in [-0.1, -0.05) is 0 Å². The van der Waals surface area contributed by atoms with Crippen molar-refractivity contribution in [2.24, 2.45) is 5.73 Å². The van der Waals surface area contributed by atoms with Gasteiger partial charge in [0, 0.05) is 49.6 Å². The van der Waals surface area contributed by atoms with Crippen molar-refractivity contribution >= 4 is 53.3 Å². The van der Waals surface area contributed by atoms with Crippen molar-refractivity contribution in [3.05, 3.63) is 36.4 Å². The van der Waals surface area contributed by atoms with E-state index in [4.69, 9.17) is 15.9 Å². The first-order valence-corrected chi connectivity index (χ1v) is 18.1. The van der Waals surface area contributed by atoms with Crippen LogP contribution in [0.4, 0.5) is 0 Å². The number of carboxylic acid groups (broad SMARTS) is 2. The fourth-order valence-corrected chi connectivity index (χ4v) is 5.79. The number of aromatic amines is 2. The van der Waals surface area contributed by atoms with Gasteiger partial charge in [0.25, 0.3) is 0 Å². The van der Waals surface area contributed by atoms with E-state index in [0.717, 1.165) is 0 Å². The molecule has 3 heterocycles. The lowest BCUT2D eigenvalue weighted by atomic mass is 10.1. The Morgan fingerprint density at radius 3 is 1.61 bits per heavy atom. The molecule has 0 aliphatic carbocycles. The van der Waals surface area contributed by atoms with Crippen LogP contribution in [0.2, 0.25) is 0 Å². The number of hydrogen-bond donors (Lipinski definition) is 14. The maximum absolute atomic E-state index is 13.9. The van der Waals surface area contributed by atoms with Crippen LogP contribution in [0.15, 0.2) is 25.0 Å². The van der Waals surface area contributed by atoms with Crippen LogP contribution in [0.3, 0.4) is 0 Å². The monoisotopic (exact) mass is 836 g/mol. The summed E-state index contributed by atoms with van der Waals surface area (Å²) in [5.74, 6) is -9.38. The summed E-state index contributed by atoms with van der Waals surface area (Å²) >= 11 is 0. The molecule has 2 aromatic rings. The molecule has 7 atom stereocenters. The Bertz CT molecular complexity index is 1780. The number of aromatic nitrogens is 4. The number of hydrogen-bond acceptors (Lipinski definition) is 15. The Hall–Kier alpha value is -6.51. The molecule has 15 N–H and O–H groups in total. The molecule has 1 aliphatic rings. The van der Waals surface area contributed by atoms with Crippen molar-refractivity contribution < 1.29 is 68.7 Å². The molecular formula is C33H48N12O14. The number of nitrogens with one attached hydrogen (secondary N) is 8. The van der Waals surface area contributed by atoms with E-state index in [2.05, 4.69) is 51.8 Å². The van der Waals surface area contributed by atoms with Crippen LogP contribution in [0, 0.1) is 0 Å². The molecule has 26 heteroatoms. The van der Waals surface area contributed by atoms with E-state index in [1.807, 2.05) is 0 Å². The number of H-pyrrole nitrogens is 2. The minimum absolute atomic E-state index is 0.110. The molecule has 3 rings (SSSR count). The lowest BCUT2D eigenvalue weighted by molar-refractivity contribution is -0.143. The number of carboxylic acids is 2. The lowest BCUT2D eigenvalue weighted by Gasteiger charge is -2.30. The first-order valence-electron chi connectivity index (χ1n) is 18.1. The minimum atomic E-state index is -1.81. The Labute approximate surface area is 334 Å². The second-order valence-electron chi connectivity index (χ2n) is 13.3. The van der Waals surface area contributed by atoms with Gasteiger partial charge in [0.05, 0.1) is 38.5 Å². The second kappa shape index (κ2) is 23.0. The highest BCUT2D eigenvalue weighted by molar-refractivity contribution is 5.97. The highest BCUT2D eigenvalue weighted by Crippen LogP contribution is 2.20. The highest BCUT2D eigenvalue weighted by Gasteiger charge is 2.39. The van der Waals surface area contributed by atoms with Gasteiger partial charge in [0.2, 0.25) is 41.4 Å². The van der Waals surface area contributed by atoms with Gasteiger partial charge < -0.3 is 78.0 Å². The number of aliphatic carboxylic acids is 2. The fourth-order valence-electron chi connectivity index (χ4n) is 5.79. The highest BCUT2D eigenvalue weighted by atomic mass is 16.4. The Balaban J connectivity index is 1.75. The third kappa shape index (κ3) is 14.4. The average molecular weight is 837 g/mol. The number of nitrogens with zero attached hydrogens (tertiary/aromatic N) is 3. The molecule has 0 spiro atoms. The van der Waals surface area contributed by atoms with Crippen LogP contribution in [0.5, 0.6) is 0 Å². The minimum Gasteiger partial charge on any atom is -0.481 e. The molecule has 2 aromatic heterocycles. The number of aliphatic hydroxyl groups excluding tert-OH is 3. The Morgan fingerprint density at radius 2 is 1.15 bits per heavy atom. The van der Waals surface area contributed by atoms with Crippen molar-refractivity contribution in [3.8, 4) is 0 Å². The van der Waals surface area contributed by atoms with E-state index < -0.39 is 128 Å². The molecule has 1 saturated heterocycles. The molecule has 7 amide bonds. The van der Waals surface area contributed by atoms with Crippen LogP contribution < -0.4 is 37.6 Å². The summed E-state index contributed by atoms with van der Waals surface area (Å²) in [5, 5.41) is 60.9. The van der Waals surface area contributed by atoms with Crippen molar-refractivity contribution in [1.29, 1.82) is 0 Å². The van der Waals surface area contributed by atoms with Gasteiger partial charge in [0.15, 0.2) is 0 Å². The zero-order chi connectivity index (χ0) is 43.6. The van der Waals surface area contributed by atoms with E-state index in [1.54, 1.807) is 0 Å². The molecule has 0 aromatic carbocycles. The van der Waals surface area contributed by atoms with Gasteiger partial charge in [-0.05, 0) is 19.3 Å². The number of carbonyl (C=O) groups is 9. The van der Waals surface area contributed by atoms with Gasteiger partial charge in [-0.15, -0.1) is 0 Å². The molecule has 0 unspecified atom stereocenters. The van der Waals surface area contributed by atoms with E-state index in [0.29, 0.717) is 17.8 Å². The maximum atomic E-state index is 13.9. The molecule has 324 valence electrons. The topological polar surface area (TPSA) is 414 Å². The standard InChI is InChI=1S/C33H48N12O14/c34-18(3-4-25(49)50)27(53)42-21(11-46)30(56)44-23(13-48)31(57)43-22(12-47)29(55)40-19(6-16-8-35-14-38-16)28(54)41-20(7-17-9-36-15-39-17)33(59)45-5-1-2-24(45)32(58)37-10-26(51)52/h8-9,14-15,18-24,46-48H,1-7,10-13,34H2,(H,35,38)(H,36,39)(H,37,58)(H,40,55)(H,41,54)(H,42,53)(H,43,57)(H,44,56)(H,49,50)(H,51,52)/t18-,19-,20-,21-,22-,23-,24-/m0/s1. The van der Waals surface area contributed by atoms with E-state index in [9.17, 15) is 58.5 Å². The first-order chi connectivity index (χ1) is 28.1. The second-order valence-corrected chi connectivity index (χ2v) is 13.3. The van der Waals surface area contributed by atoms with E-state index >= 15 is 0 Å². The lowest BCUT2D eigenvalue weighted by Crippen LogP contribution is -2.61. The number of imidazole rings is 2. The third-order valence-corrected chi connectivity index (χ3v) is 8.91. The van der Waals surface area contributed by atoms with Gasteiger partial charge >= 0.3 is 11.9 Å². The van der Waals surface area contributed by atoms with E-state index in [-0.39, 0.29) is 32.2 Å². The van der Waals surface area contributed by atoms with Crippen LogP contribution >= 0.6 is 0 Å². The zero-order valence-corrected chi connectivity index (χ0v) is 31.5. The SMILES string of the molecule is N[C@@H](CCC(=O)O)C(=O)N[C@@H](CO)C(=O)N[C@@H](CO)C(=O)N[C@@H](CO)C(=O)N[C@@H](Cc1cnc[nH]1)C(=O)N[C@@H](Cc1cnc[nH]1)C(=O)N1CCC[C@H]1C(=O)NCC(=O)O. The van der Waals surface area contributed by atoms with Crippen LogP contribution in [0.1, 0.15) is 37.1 Å². The summed E-state index contributed by atoms with van der Waals surface area (Å²) in [6.07, 6.45) is 4.82. The normalized spacial score (nSPS) is 16.6. The number of amides is 7. The van der Waals surface area contributed by atoms with Crippen molar-refractivity contribution in [3.63, 3.8) is 0 Å². The van der Waals surface area contributed by atoms with Crippen molar-refractivity contribution in [2.45, 2.75) is 80.8 Å². The summed E-state index contributed by atoms with van der Waals surface area (Å²) in [6, 6.07) is -10.6. The first kappa shape index (κ1) is 46.9. The van der Waals surface area contributed by atoms with Gasteiger partial charge in [-0.3, -0.25) is 43.2 Å². The zero-order valence-electron chi connectivity index (χ0n) is 31.5. The predicted octanol–water partition coefficient (Wildman–Crippen LogP) is -7.30. The number of nitrogens with two attached hydrogens (primary N) is 1. The summed E-state index contributed by atoms with van der Waals surface area (Å²) in [7, 11) is 0. The molecule has 26 nitrogen and oxygen atoms in total. The van der Waals surface area contributed by atoms with Crippen LogP contribution in [-0.4, -0.2) is 179 Å². The maximum Gasteiger partial charge on any atom is 0.322 e. The molecule has 59 heavy (non-hydrogen) atoms. The van der Waals surface area contributed by atoms with Crippen molar-refractivity contribution in [1.82, 2.24) is 56.7 Å². The molecule has 0 radical (unpaired) electrons. The number of aliphatic hydroxyl groups is 3. The summed E-state index contributed by atoms with van der Waals surface area (Å²) in [4.78, 5) is 129. The van der Waals surface area contributed by atoms with Gasteiger partial charge in [-0.2, -0.15) is 0 Å². The summed E-state index contributed by atoms with van der Waals surface area (Å²) < 4.78 is 0. The van der Waals surface area contributed by atoms with Gasteiger partial charge in [-0.25, -0.2) is 9.97 Å². The smallest absolute Gasteiger partial charge is 0.322 e. The summed E-state index contributed by atoms with van der Waals surface area (Å²) in [6.45, 7) is -3.70. The van der Waals surface area contributed by atoms with Crippen LogP contribution in [-0.2, 0) is 56.0 Å². The van der Waals surface area contributed by atoms with Crippen LogP contribution in [0.25, 0.3) is 0 Å². The fraction of sp³-hybridized carbons (Fsp3) is 0.545. The number of rotatable bonds is 24. The number of likely N-dealkylation sites (tertiary alicyclic amines) is 1. The average Bonchev–Trinajstić information content (AvgIpc) is 4.02. The Morgan fingerprint density at radius 1 is 0.695 bits per heavy atom.